The lowest BCUT2D eigenvalue weighted by atomic mass is 9.85. The molecule has 2 aliphatic heterocycles. The Hall–Kier alpha value is -3.55. The van der Waals surface area contributed by atoms with E-state index in [1.54, 1.807) is 9.80 Å². The number of nitrogens with zero attached hydrogens (tertiary/aromatic N) is 3. The van der Waals surface area contributed by atoms with Crippen LogP contribution in [0.5, 0.6) is 0 Å². The van der Waals surface area contributed by atoms with Gasteiger partial charge in [-0.05, 0) is 37.0 Å². The number of rotatable bonds is 7. The highest BCUT2D eigenvalue weighted by Crippen LogP contribution is 2.39. The molecule has 4 rings (SSSR count). The molecule has 1 spiro atoms. The van der Waals surface area contributed by atoms with Crippen LogP contribution in [0.3, 0.4) is 0 Å². The Morgan fingerprint density at radius 3 is 2.24 bits per heavy atom. The molecule has 0 aromatic heterocycles. The zero-order chi connectivity index (χ0) is 24.0. The van der Waals surface area contributed by atoms with Crippen LogP contribution in [-0.4, -0.2) is 66.0 Å². The number of hydrogen-bond acceptors (Lipinski definition) is 4. The summed E-state index contributed by atoms with van der Waals surface area (Å²) in [6.45, 7) is 4.43. The second-order valence-corrected chi connectivity index (χ2v) is 8.92. The molecule has 0 bridgehead atoms. The largest absolute Gasteiger partial charge is 0.355 e. The van der Waals surface area contributed by atoms with Gasteiger partial charge in [-0.1, -0.05) is 55.5 Å². The first kappa shape index (κ1) is 23.6. The van der Waals surface area contributed by atoms with Crippen molar-refractivity contribution in [1.29, 1.82) is 0 Å². The number of carbonyl (C=O) groups is 3. The Morgan fingerprint density at radius 1 is 0.941 bits per heavy atom. The Labute approximate surface area is 200 Å². The van der Waals surface area contributed by atoms with E-state index in [1.807, 2.05) is 67.6 Å². The van der Waals surface area contributed by atoms with E-state index < -0.39 is 5.54 Å². The zero-order valence-corrected chi connectivity index (χ0v) is 19.7. The van der Waals surface area contributed by atoms with Crippen molar-refractivity contribution in [3.63, 3.8) is 0 Å². The number of piperidine rings is 1. The van der Waals surface area contributed by atoms with E-state index in [4.69, 9.17) is 0 Å². The Balaban J connectivity index is 1.44. The minimum absolute atomic E-state index is 0.0349. The molecule has 8 heteroatoms. The van der Waals surface area contributed by atoms with Gasteiger partial charge in [0.2, 0.25) is 5.91 Å². The van der Waals surface area contributed by atoms with Crippen LogP contribution < -0.4 is 15.5 Å². The molecule has 0 unspecified atom stereocenters. The highest BCUT2D eigenvalue weighted by Gasteiger charge is 2.54. The fourth-order valence-corrected chi connectivity index (χ4v) is 4.78. The van der Waals surface area contributed by atoms with Crippen molar-refractivity contribution in [2.75, 3.05) is 37.7 Å². The summed E-state index contributed by atoms with van der Waals surface area (Å²) < 4.78 is 0. The number of urea groups is 1. The third-order valence-corrected chi connectivity index (χ3v) is 6.65. The quantitative estimate of drug-likeness (QED) is 0.661. The maximum absolute atomic E-state index is 13.6. The van der Waals surface area contributed by atoms with Crippen LogP contribution >= 0.6 is 0 Å². The summed E-state index contributed by atoms with van der Waals surface area (Å²) in [7, 11) is 0. The van der Waals surface area contributed by atoms with Crippen molar-refractivity contribution < 1.29 is 14.4 Å². The molecular weight excluding hydrogens is 430 g/mol. The summed E-state index contributed by atoms with van der Waals surface area (Å²) in [6.07, 6.45) is 1.89. The molecule has 2 heterocycles. The lowest BCUT2D eigenvalue weighted by molar-refractivity contribution is -0.137. The lowest BCUT2D eigenvalue weighted by Crippen LogP contribution is -2.58. The van der Waals surface area contributed by atoms with Crippen LogP contribution in [0.1, 0.15) is 31.7 Å². The fourth-order valence-electron chi connectivity index (χ4n) is 4.78. The fraction of sp³-hybridized carbons (Fsp3) is 0.423. The highest BCUT2D eigenvalue weighted by molar-refractivity contribution is 5.96. The van der Waals surface area contributed by atoms with Gasteiger partial charge in [0.25, 0.3) is 5.91 Å². The highest BCUT2D eigenvalue weighted by atomic mass is 16.2. The first-order valence-corrected chi connectivity index (χ1v) is 12.0. The molecule has 0 atom stereocenters. The molecule has 0 aliphatic carbocycles. The van der Waals surface area contributed by atoms with Crippen LogP contribution in [0.4, 0.5) is 10.5 Å². The van der Waals surface area contributed by atoms with Crippen LogP contribution in [0.25, 0.3) is 0 Å². The Kier molecular flexibility index (Phi) is 7.35. The first-order valence-electron chi connectivity index (χ1n) is 12.0. The number of anilines is 1. The molecule has 4 amide bonds. The van der Waals surface area contributed by atoms with Gasteiger partial charge in [0.1, 0.15) is 12.1 Å². The van der Waals surface area contributed by atoms with Crippen molar-refractivity contribution in [1.82, 2.24) is 20.4 Å². The molecule has 2 aromatic carbocycles. The van der Waals surface area contributed by atoms with Gasteiger partial charge in [-0.2, -0.15) is 0 Å². The van der Waals surface area contributed by atoms with E-state index in [-0.39, 0.29) is 24.4 Å². The van der Waals surface area contributed by atoms with Gasteiger partial charge in [0.05, 0.1) is 6.67 Å². The van der Waals surface area contributed by atoms with Gasteiger partial charge in [-0.15, -0.1) is 0 Å². The number of amides is 4. The van der Waals surface area contributed by atoms with Gasteiger partial charge in [-0.3, -0.25) is 9.59 Å². The molecule has 2 aliphatic rings. The monoisotopic (exact) mass is 463 g/mol. The summed E-state index contributed by atoms with van der Waals surface area (Å²) in [6, 6.07) is 19.5. The number of benzene rings is 2. The van der Waals surface area contributed by atoms with Gasteiger partial charge >= 0.3 is 6.03 Å². The molecular formula is C26H33N5O3. The van der Waals surface area contributed by atoms with Crippen molar-refractivity contribution in [2.45, 2.75) is 38.3 Å². The van der Waals surface area contributed by atoms with Crippen LogP contribution in [0, 0.1) is 0 Å². The van der Waals surface area contributed by atoms with Crippen LogP contribution in [-0.2, 0) is 16.1 Å². The summed E-state index contributed by atoms with van der Waals surface area (Å²) >= 11 is 0. The van der Waals surface area contributed by atoms with Gasteiger partial charge in [0.15, 0.2) is 0 Å². The molecule has 2 N–H and O–H groups in total. The lowest BCUT2D eigenvalue weighted by Gasteiger charge is -2.43. The first-order chi connectivity index (χ1) is 16.5. The number of carbonyl (C=O) groups excluding carboxylic acids is 3. The van der Waals surface area contributed by atoms with E-state index in [0.29, 0.717) is 45.7 Å². The summed E-state index contributed by atoms with van der Waals surface area (Å²) in [5.74, 6) is -0.176. The molecule has 2 saturated heterocycles. The predicted octanol–water partition coefficient (Wildman–Crippen LogP) is 2.56. The molecule has 0 saturated carbocycles. The third-order valence-electron chi connectivity index (χ3n) is 6.65. The number of para-hydroxylation sites is 1. The average molecular weight is 464 g/mol. The average Bonchev–Trinajstić information content (AvgIpc) is 3.13. The third kappa shape index (κ3) is 5.00. The van der Waals surface area contributed by atoms with Gasteiger partial charge < -0.3 is 25.3 Å². The summed E-state index contributed by atoms with van der Waals surface area (Å²) in [4.78, 5) is 44.3. The second-order valence-electron chi connectivity index (χ2n) is 8.92. The predicted molar refractivity (Wildman–Crippen MR) is 131 cm³/mol. The smallest absolute Gasteiger partial charge is 0.317 e. The second kappa shape index (κ2) is 10.6. The molecule has 2 fully saturated rings. The van der Waals surface area contributed by atoms with Crippen molar-refractivity contribution >= 4 is 23.5 Å². The van der Waals surface area contributed by atoms with Crippen molar-refractivity contribution in [3.8, 4) is 0 Å². The zero-order valence-electron chi connectivity index (χ0n) is 19.7. The van der Waals surface area contributed by atoms with E-state index >= 15 is 0 Å². The maximum atomic E-state index is 13.6. The molecule has 0 radical (unpaired) electrons. The number of likely N-dealkylation sites (tertiary alicyclic amines) is 1. The summed E-state index contributed by atoms with van der Waals surface area (Å²) in [5.41, 5.74) is 1.25. The van der Waals surface area contributed by atoms with Crippen LogP contribution in [0.2, 0.25) is 0 Å². The number of nitrogens with one attached hydrogen (secondary N) is 2. The standard InChI is InChI=1S/C26H33N5O3/c1-2-15-27-23(32)19-30-20-31(22-11-7-4-8-12-22)26(24(30)33)13-16-29(17-14-26)25(34)28-18-21-9-5-3-6-10-21/h3-12H,2,13-20H2,1H3,(H,27,32)(H,28,34). The molecule has 34 heavy (non-hydrogen) atoms. The minimum Gasteiger partial charge on any atom is -0.355 e. The maximum Gasteiger partial charge on any atom is 0.317 e. The van der Waals surface area contributed by atoms with Crippen LogP contribution in [0.15, 0.2) is 60.7 Å². The van der Waals surface area contributed by atoms with E-state index in [9.17, 15) is 14.4 Å². The van der Waals surface area contributed by atoms with Crippen molar-refractivity contribution in [3.05, 3.63) is 66.2 Å². The molecule has 8 nitrogen and oxygen atoms in total. The molecule has 180 valence electrons. The molecule has 2 aromatic rings. The summed E-state index contributed by atoms with van der Waals surface area (Å²) in [5, 5.41) is 5.84. The number of hydrogen-bond donors (Lipinski definition) is 2. The Morgan fingerprint density at radius 2 is 1.59 bits per heavy atom. The van der Waals surface area contributed by atoms with E-state index in [2.05, 4.69) is 15.5 Å². The van der Waals surface area contributed by atoms with E-state index in [0.717, 1.165) is 17.7 Å². The van der Waals surface area contributed by atoms with E-state index in [1.165, 1.54) is 0 Å². The topological polar surface area (TPSA) is 85.0 Å². The van der Waals surface area contributed by atoms with Gasteiger partial charge in [0, 0.05) is 31.9 Å². The van der Waals surface area contributed by atoms with Crippen molar-refractivity contribution in [2.24, 2.45) is 0 Å². The Bertz CT molecular complexity index is 990. The SMILES string of the molecule is CCCNC(=O)CN1CN(c2ccccc2)C2(CCN(C(=O)NCc3ccccc3)CC2)C1=O. The van der Waals surface area contributed by atoms with Gasteiger partial charge in [-0.25, -0.2) is 4.79 Å². The minimum atomic E-state index is -0.747. The normalized spacial score (nSPS) is 17.2.